The number of benzene rings is 1. The molecule has 3 heterocycles. The van der Waals surface area contributed by atoms with Gasteiger partial charge >= 0.3 is 0 Å². The fraction of sp³-hybridized carbons (Fsp3) is 0.286. The van der Waals surface area contributed by atoms with Gasteiger partial charge < -0.3 is 19.2 Å². The van der Waals surface area contributed by atoms with Gasteiger partial charge in [0, 0.05) is 38.8 Å². The van der Waals surface area contributed by atoms with Crippen molar-refractivity contribution < 1.29 is 18.5 Å². The molecule has 4 rings (SSSR count). The molecule has 0 bridgehead atoms. The first-order valence-electron chi connectivity index (χ1n) is 9.52. The highest BCUT2D eigenvalue weighted by molar-refractivity contribution is 5.93. The Bertz CT molecular complexity index is 944. The van der Waals surface area contributed by atoms with E-state index in [9.17, 15) is 9.59 Å². The highest BCUT2D eigenvalue weighted by atomic mass is 16.5. The van der Waals surface area contributed by atoms with Crippen LogP contribution in [0.15, 0.2) is 63.7 Å². The van der Waals surface area contributed by atoms with Crippen molar-refractivity contribution in [3.63, 3.8) is 0 Å². The zero-order chi connectivity index (χ0) is 20.1. The maximum absolute atomic E-state index is 12.6. The Balaban J connectivity index is 1.24. The number of carbonyl (C=O) groups is 2. The number of furan rings is 1. The first-order valence-corrected chi connectivity index (χ1v) is 9.52. The topological polar surface area (TPSA) is 91.8 Å². The Labute approximate surface area is 168 Å². The second-order valence-electron chi connectivity index (χ2n) is 6.88. The largest absolute Gasteiger partial charge is 0.461 e. The lowest BCUT2D eigenvalue weighted by Gasteiger charge is -2.33. The number of hydrogen-bond acceptors (Lipinski definition) is 6. The Morgan fingerprint density at radius 2 is 1.79 bits per heavy atom. The summed E-state index contributed by atoms with van der Waals surface area (Å²) in [5.74, 6) is 0.753. The second kappa shape index (κ2) is 8.74. The van der Waals surface area contributed by atoms with E-state index in [2.05, 4.69) is 10.5 Å². The van der Waals surface area contributed by atoms with Gasteiger partial charge in [-0.1, -0.05) is 35.5 Å². The van der Waals surface area contributed by atoms with E-state index < -0.39 is 0 Å². The van der Waals surface area contributed by atoms with Gasteiger partial charge in [-0.3, -0.25) is 14.5 Å². The van der Waals surface area contributed by atoms with Gasteiger partial charge in [0.2, 0.25) is 11.7 Å². The summed E-state index contributed by atoms with van der Waals surface area (Å²) in [6.45, 7) is 3.17. The van der Waals surface area contributed by atoms with Crippen LogP contribution in [0.25, 0.3) is 11.5 Å². The standard InChI is InChI=1S/C21H22N4O4/c26-20(22-14-16-5-2-1-3-6-16)15-24-8-10-25(11-9-24)21(27)17-13-19(29-23-17)18-7-4-12-28-18/h1-7,12-13H,8-11,14-15H2,(H,22,26). The Morgan fingerprint density at radius 3 is 2.52 bits per heavy atom. The summed E-state index contributed by atoms with van der Waals surface area (Å²) in [7, 11) is 0. The van der Waals surface area contributed by atoms with Gasteiger partial charge in [0.25, 0.3) is 5.91 Å². The minimum atomic E-state index is -0.181. The average molecular weight is 394 g/mol. The minimum absolute atomic E-state index is 0.0202. The van der Waals surface area contributed by atoms with Crippen molar-refractivity contribution in [2.45, 2.75) is 6.54 Å². The quantitative estimate of drug-likeness (QED) is 0.688. The molecule has 29 heavy (non-hydrogen) atoms. The number of aromatic nitrogens is 1. The van der Waals surface area contributed by atoms with Crippen molar-refractivity contribution >= 4 is 11.8 Å². The van der Waals surface area contributed by atoms with Crippen LogP contribution in [0.5, 0.6) is 0 Å². The van der Waals surface area contributed by atoms with Gasteiger partial charge in [0.05, 0.1) is 12.8 Å². The van der Waals surface area contributed by atoms with Crippen LogP contribution in [0.2, 0.25) is 0 Å². The first-order chi connectivity index (χ1) is 14.2. The molecule has 1 saturated heterocycles. The van der Waals surface area contributed by atoms with Gasteiger partial charge in [0.15, 0.2) is 11.5 Å². The van der Waals surface area contributed by atoms with Gasteiger partial charge in [-0.05, 0) is 17.7 Å². The van der Waals surface area contributed by atoms with E-state index in [1.54, 1.807) is 23.1 Å². The van der Waals surface area contributed by atoms with E-state index in [0.29, 0.717) is 50.8 Å². The van der Waals surface area contributed by atoms with E-state index in [-0.39, 0.29) is 17.5 Å². The molecule has 0 atom stereocenters. The molecule has 1 aliphatic heterocycles. The van der Waals surface area contributed by atoms with Crippen LogP contribution in [0.3, 0.4) is 0 Å². The molecule has 3 aromatic rings. The number of piperazine rings is 1. The molecule has 8 heteroatoms. The highest BCUT2D eigenvalue weighted by Gasteiger charge is 2.25. The molecule has 0 unspecified atom stereocenters. The number of amides is 2. The van der Waals surface area contributed by atoms with Crippen LogP contribution >= 0.6 is 0 Å². The molecule has 0 spiro atoms. The van der Waals surface area contributed by atoms with Gasteiger partial charge in [-0.2, -0.15) is 0 Å². The van der Waals surface area contributed by atoms with Crippen molar-refractivity contribution in [1.29, 1.82) is 0 Å². The van der Waals surface area contributed by atoms with E-state index in [0.717, 1.165) is 5.56 Å². The van der Waals surface area contributed by atoms with Crippen molar-refractivity contribution in [3.8, 4) is 11.5 Å². The summed E-state index contributed by atoms with van der Waals surface area (Å²) < 4.78 is 10.5. The van der Waals surface area contributed by atoms with E-state index in [1.165, 1.54) is 6.26 Å². The minimum Gasteiger partial charge on any atom is -0.461 e. The van der Waals surface area contributed by atoms with Crippen LogP contribution in [0, 0.1) is 0 Å². The molecule has 2 aromatic heterocycles. The van der Waals surface area contributed by atoms with Crippen LogP contribution in [-0.2, 0) is 11.3 Å². The molecule has 0 radical (unpaired) electrons. The van der Waals surface area contributed by atoms with E-state index in [4.69, 9.17) is 8.94 Å². The summed E-state index contributed by atoms with van der Waals surface area (Å²) >= 11 is 0. The molecule has 1 aromatic carbocycles. The zero-order valence-electron chi connectivity index (χ0n) is 15.9. The summed E-state index contributed by atoms with van der Waals surface area (Å²) in [5, 5.41) is 6.79. The van der Waals surface area contributed by atoms with Crippen molar-refractivity contribution in [2.24, 2.45) is 0 Å². The molecule has 8 nitrogen and oxygen atoms in total. The normalized spacial score (nSPS) is 14.7. The molecular weight excluding hydrogens is 372 g/mol. The predicted molar refractivity (Wildman–Crippen MR) is 105 cm³/mol. The van der Waals surface area contributed by atoms with Crippen LogP contribution in [0.4, 0.5) is 0 Å². The van der Waals surface area contributed by atoms with Crippen molar-refractivity contribution in [3.05, 3.63) is 66.1 Å². The van der Waals surface area contributed by atoms with Crippen molar-refractivity contribution in [1.82, 2.24) is 20.3 Å². The molecule has 0 aliphatic carbocycles. The number of rotatable bonds is 6. The maximum Gasteiger partial charge on any atom is 0.276 e. The number of nitrogens with one attached hydrogen (secondary N) is 1. The third-order valence-corrected chi connectivity index (χ3v) is 4.85. The fourth-order valence-corrected chi connectivity index (χ4v) is 3.24. The fourth-order valence-electron chi connectivity index (χ4n) is 3.24. The molecular formula is C21H22N4O4. The number of hydrogen-bond donors (Lipinski definition) is 1. The van der Waals surface area contributed by atoms with E-state index in [1.807, 2.05) is 35.2 Å². The Hall–Kier alpha value is -3.39. The predicted octanol–water partition coefficient (Wildman–Crippen LogP) is 2.01. The van der Waals surface area contributed by atoms with Gasteiger partial charge in [-0.25, -0.2) is 0 Å². The monoisotopic (exact) mass is 394 g/mol. The summed E-state index contributed by atoms with van der Waals surface area (Å²) in [6, 6.07) is 14.9. The lowest BCUT2D eigenvalue weighted by molar-refractivity contribution is -0.122. The lowest BCUT2D eigenvalue weighted by Crippen LogP contribution is -2.51. The summed E-state index contributed by atoms with van der Waals surface area (Å²) in [4.78, 5) is 28.6. The molecule has 150 valence electrons. The molecule has 2 amide bonds. The van der Waals surface area contributed by atoms with E-state index >= 15 is 0 Å². The summed E-state index contributed by atoms with van der Waals surface area (Å²) in [5.41, 5.74) is 1.32. The average Bonchev–Trinajstić information content (AvgIpc) is 3.45. The molecule has 1 fully saturated rings. The third kappa shape index (κ3) is 4.72. The Kier molecular flexibility index (Phi) is 5.71. The van der Waals surface area contributed by atoms with Crippen LogP contribution in [0.1, 0.15) is 16.1 Å². The van der Waals surface area contributed by atoms with Gasteiger partial charge in [-0.15, -0.1) is 0 Å². The van der Waals surface area contributed by atoms with Crippen LogP contribution in [-0.4, -0.2) is 59.5 Å². The lowest BCUT2D eigenvalue weighted by atomic mass is 10.2. The smallest absolute Gasteiger partial charge is 0.276 e. The molecule has 1 aliphatic rings. The molecule has 0 saturated carbocycles. The SMILES string of the molecule is O=C(CN1CCN(C(=O)c2cc(-c3ccco3)on2)CC1)NCc1ccccc1. The van der Waals surface area contributed by atoms with Crippen LogP contribution < -0.4 is 5.32 Å². The number of nitrogens with zero attached hydrogens (tertiary/aromatic N) is 3. The third-order valence-electron chi connectivity index (χ3n) is 4.85. The second-order valence-corrected chi connectivity index (χ2v) is 6.88. The maximum atomic E-state index is 12.6. The van der Waals surface area contributed by atoms with Crippen molar-refractivity contribution in [2.75, 3.05) is 32.7 Å². The highest BCUT2D eigenvalue weighted by Crippen LogP contribution is 2.21. The summed E-state index contributed by atoms with van der Waals surface area (Å²) in [6.07, 6.45) is 1.54. The number of carbonyl (C=O) groups excluding carboxylic acids is 2. The van der Waals surface area contributed by atoms with Gasteiger partial charge in [0.1, 0.15) is 0 Å². The zero-order valence-corrected chi connectivity index (χ0v) is 15.9. The Morgan fingerprint density at radius 1 is 1.00 bits per heavy atom. The molecule has 1 N–H and O–H groups in total. The first kappa shape index (κ1) is 18.9.